The molecule has 0 unspecified atom stereocenters. The summed E-state index contributed by atoms with van der Waals surface area (Å²) >= 11 is 0. The average Bonchev–Trinajstić information content (AvgIpc) is 3.15. The lowest BCUT2D eigenvalue weighted by Crippen LogP contribution is -2.53. The Morgan fingerprint density at radius 3 is 2.36 bits per heavy atom. The number of hydrogen-bond donors (Lipinski definition) is 1. The van der Waals surface area contributed by atoms with Gasteiger partial charge in [-0.15, -0.1) is 0 Å². The van der Waals surface area contributed by atoms with Crippen LogP contribution in [0.5, 0.6) is 0 Å². The quantitative estimate of drug-likeness (QED) is 0.277. The Labute approximate surface area is 243 Å². The molecule has 4 aliphatic carbocycles. The highest BCUT2D eigenvalue weighted by molar-refractivity contribution is 7.59. The van der Waals surface area contributed by atoms with Gasteiger partial charge in [0.2, 0.25) is 0 Å². The molecule has 200 valence electrons. The lowest BCUT2D eigenvalue weighted by molar-refractivity contribution is -0.185. The molecule has 8 heteroatoms. The van der Waals surface area contributed by atoms with Gasteiger partial charge in [-0.1, -0.05) is 43.0 Å². The summed E-state index contributed by atoms with van der Waals surface area (Å²) in [5, 5.41) is 11.8. The van der Waals surface area contributed by atoms with Crippen molar-refractivity contribution in [3.63, 3.8) is 0 Å². The molecule has 6 aliphatic rings. The van der Waals surface area contributed by atoms with E-state index in [1.54, 1.807) is 0 Å². The van der Waals surface area contributed by atoms with Crippen molar-refractivity contribution in [2.24, 2.45) is 17.3 Å². The van der Waals surface area contributed by atoms with Crippen LogP contribution in [0.3, 0.4) is 0 Å². The van der Waals surface area contributed by atoms with Crippen LogP contribution in [0.1, 0.15) is 63.9 Å². The Kier molecular flexibility index (Phi) is 8.47. The monoisotopic (exact) mass is 568 g/mol. The molecule has 1 aromatic carbocycles. The van der Waals surface area contributed by atoms with Crippen LogP contribution in [-0.2, 0) is 14.2 Å². The summed E-state index contributed by atoms with van der Waals surface area (Å²) in [5.41, 5.74) is 1.16. The van der Waals surface area contributed by atoms with Gasteiger partial charge in [-0.3, -0.25) is 0 Å². The van der Waals surface area contributed by atoms with E-state index >= 15 is 0 Å². The van der Waals surface area contributed by atoms with Crippen molar-refractivity contribution < 1.29 is 19.3 Å². The largest absolute Gasteiger partial charge is 0.377 e. The Balaban J connectivity index is 0.000000902. The van der Waals surface area contributed by atoms with Crippen LogP contribution in [0.4, 0.5) is 0 Å². The molecule has 0 radical (unpaired) electrons. The summed E-state index contributed by atoms with van der Waals surface area (Å²) in [4.78, 5) is 0. The van der Waals surface area contributed by atoms with E-state index in [1.807, 2.05) is 30.3 Å². The molecule has 7 rings (SSSR count). The molecule has 4 nitrogen and oxygen atoms in total. The molecule has 2 aliphatic heterocycles. The lowest BCUT2D eigenvalue weighted by atomic mass is 9.53. The molecule has 2 heterocycles. The molecule has 36 heavy (non-hydrogen) atoms. The minimum atomic E-state index is -0.936. The maximum Gasteiger partial charge on any atom is 0.171 e. The summed E-state index contributed by atoms with van der Waals surface area (Å²) in [7, 11) is 0. The molecule has 1 spiro atoms. The molecule has 0 bridgehead atoms. The molecule has 6 atom stereocenters. The Bertz CT molecular complexity index is 1060. The molecular formula is C28H40O4S4. The highest BCUT2D eigenvalue weighted by Gasteiger charge is 2.79. The van der Waals surface area contributed by atoms with Crippen LogP contribution in [0.2, 0.25) is 0 Å². The highest BCUT2D eigenvalue weighted by Crippen LogP contribution is 2.74. The van der Waals surface area contributed by atoms with Gasteiger partial charge in [-0.25, -0.2) is 0 Å². The fourth-order valence-electron chi connectivity index (χ4n) is 8.25. The smallest absolute Gasteiger partial charge is 0.171 e. The fraction of sp³-hybridized carbons (Fsp3) is 0.643. The van der Waals surface area contributed by atoms with E-state index in [2.05, 4.69) is 24.8 Å². The van der Waals surface area contributed by atoms with Crippen LogP contribution in [0.25, 0.3) is 0 Å². The second-order valence-electron chi connectivity index (χ2n) is 11.3. The van der Waals surface area contributed by atoms with Crippen molar-refractivity contribution >= 4 is 54.0 Å². The van der Waals surface area contributed by atoms with Gasteiger partial charge in [0, 0.05) is 23.8 Å². The summed E-state index contributed by atoms with van der Waals surface area (Å²) < 4.78 is 18.8. The van der Waals surface area contributed by atoms with Crippen molar-refractivity contribution in [3.05, 3.63) is 47.5 Å². The number of fused-ring (bicyclic) bond motifs is 3. The number of epoxide rings is 1. The molecule has 1 N–H and O–H groups in total. The van der Waals surface area contributed by atoms with Gasteiger partial charge in [0.25, 0.3) is 0 Å². The first-order chi connectivity index (χ1) is 15.4. The number of allylic oxidation sites excluding steroid dienone is 1. The van der Waals surface area contributed by atoms with Crippen LogP contribution < -0.4 is 0 Å². The Morgan fingerprint density at radius 2 is 1.64 bits per heavy atom. The lowest BCUT2D eigenvalue weighted by Gasteiger charge is -2.51. The third-order valence-electron chi connectivity index (χ3n) is 10.0. The normalized spacial score (nSPS) is 42.1. The summed E-state index contributed by atoms with van der Waals surface area (Å²) in [6.07, 6.45) is 10.1. The van der Waals surface area contributed by atoms with Gasteiger partial charge in [-0.2, -0.15) is 54.0 Å². The molecule has 1 aromatic rings. The SMILES string of the molecule is C[C@]12CC=C3[C@@H](CC[C@@]45CC6(CC[C@@]34O5)OCCO6)[C@@H]1CC[C@@]2(O)C#Cc1ccccc1.S.S.S.S. The second-order valence-corrected chi connectivity index (χ2v) is 11.3. The van der Waals surface area contributed by atoms with Crippen LogP contribution in [0.15, 0.2) is 42.0 Å². The standard InChI is InChI=1S/C28H32O4.4H2S/c1-24-11-9-23-21(22(24)10-13-25(24,29)12-7-20-5-3-2-4-6-20)8-14-26-19-27(30-17-18-31-27)15-16-28(23,26)32-26;;;;/h2-6,9,21-22,29H,8,10-11,13-19H2,1H3;4*1H2/t21-,22-,24-,25-,26+,28+;;;;/m0..../s1. The second kappa shape index (κ2) is 10.1. The van der Waals surface area contributed by atoms with Gasteiger partial charge in [0.1, 0.15) is 16.8 Å². The maximum atomic E-state index is 11.8. The van der Waals surface area contributed by atoms with Crippen molar-refractivity contribution in [1.29, 1.82) is 0 Å². The van der Waals surface area contributed by atoms with Crippen LogP contribution in [0, 0.1) is 29.1 Å². The molecule has 2 saturated heterocycles. The summed E-state index contributed by atoms with van der Waals surface area (Å²) in [5.74, 6) is 7.15. The van der Waals surface area contributed by atoms with E-state index in [1.165, 1.54) is 5.57 Å². The van der Waals surface area contributed by atoms with E-state index in [4.69, 9.17) is 14.2 Å². The van der Waals surface area contributed by atoms with E-state index in [0.29, 0.717) is 25.0 Å². The predicted molar refractivity (Wildman–Crippen MR) is 161 cm³/mol. The maximum absolute atomic E-state index is 11.8. The number of aliphatic hydroxyl groups is 1. The average molecular weight is 569 g/mol. The van der Waals surface area contributed by atoms with Crippen molar-refractivity contribution in [2.75, 3.05) is 13.2 Å². The van der Waals surface area contributed by atoms with Crippen molar-refractivity contribution in [2.45, 2.75) is 80.9 Å². The zero-order chi connectivity index (χ0) is 21.7. The number of ether oxygens (including phenoxy) is 3. The van der Waals surface area contributed by atoms with Crippen LogP contribution in [-0.4, -0.2) is 40.9 Å². The van der Waals surface area contributed by atoms with Crippen LogP contribution >= 0.6 is 54.0 Å². The summed E-state index contributed by atoms with van der Waals surface area (Å²) in [6, 6.07) is 10.0. The molecule has 0 aromatic heterocycles. The van der Waals surface area contributed by atoms with Crippen molar-refractivity contribution in [1.82, 2.24) is 0 Å². The van der Waals surface area contributed by atoms with E-state index in [9.17, 15) is 5.11 Å². The van der Waals surface area contributed by atoms with E-state index in [0.717, 1.165) is 56.9 Å². The van der Waals surface area contributed by atoms with Gasteiger partial charge in [-0.05, 0) is 68.1 Å². The first-order valence-electron chi connectivity index (χ1n) is 12.4. The van der Waals surface area contributed by atoms with Gasteiger partial charge < -0.3 is 19.3 Å². The van der Waals surface area contributed by atoms with Gasteiger partial charge in [0.15, 0.2) is 5.79 Å². The van der Waals surface area contributed by atoms with E-state index in [-0.39, 0.29) is 70.6 Å². The first-order valence-corrected chi connectivity index (χ1v) is 12.4. The minimum absolute atomic E-state index is 0. The summed E-state index contributed by atoms with van der Waals surface area (Å²) in [6.45, 7) is 3.69. The zero-order valence-electron chi connectivity index (χ0n) is 20.9. The van der Waals surface area contributed by atoms with Crippen molar-refractivity contribution in [3.8, 4) is 11.8 Å². The number of benzene rings is 1. The first kappa shape index (κ1) is 30.3. The molecule has 0 amide bonds. The van der Waals surface area contributed by atoms with Gasteiger partial charge in [0.05, 0.1) is 13.2 Å². The van der Waals surface area contributed by atoms with Gasteiger partial charge >= 0.3 is 0 Å². The number of rotatable bonds is 0. The third kappa shape index (κ3) is 3.95. The number of hydrogen-bond acceptors (Lipinski definition) is 4. The molecule has 5 fully saturated rings. The Morgan fingerprint density at radius 1 is 0.917 bits per heavy atom. The molecule has 3 saturated carbocycles. The zero-order valence-corrected chi connectivity index (χ0v) is 24.9. The Hall–Kier alpha value is -0.240. The molecular weight excluding hydrogens is 529 g/mol. The minimum Gasteiger partial charge on any atom is -0.377 e. The topological polar surface area (TPSA) is 51.2 Å². The third-order valence-corrected chi connectivity index (χ3v) is 10.0. The predicted octanol–water partition coefficient (Wildman–Crippen LogP) is 4.81. The highest BCUT2D eigenvalue weighted by atomic mass is 32.1. The van der Waals surface area contributed by atoms with E-state index < -0.39 is 11.4 Å². The fourth-order valence-corrected chi connectivity index (χ4v) is 8.25.